The van der Waals surface area contributed by atoms with E-state index in [4.69, 9.17) is 16.1 Å². The fourth-order valence-corrected chi connectivity index (χ4v) is 3.61. The molecule has 1 atom stereocenters. The van der Waals surface area contributed by atoms with Gasteiger partial charge in [0.05, 0.1) is 16.3 Å². The Morgan fingerprint density at radius 1 is 1.28 bits per heavy atom. The Balaban J connectivity index is 1.54. The molecule has 0 spiro atoms. The maximum Gasteiger partial charge on any atom is 0.322 e. The van der Waals surface area contributed by atoms with E-state index in [1.54, 1.807) is 17.0 Å². The third kappa shape index (κ3) is 3.93. The van der Waals surface area contributed by atoms with Gasteiger partial charge in [-0.1, -0.05) is 22.8 Å². The zero-order chi connectivity index (χ0) is 20.5. The van der Waals surface area contributed by atoms with Crippen molar-refractivity contribution in [3.63, 3.8) is 0 Å². The number of rotatable bonds is 3. The van der Waals surface area contributed by atoms with Crippen molar-refractivity contribution < 1.29 is 18.1 Å². The van der Waals surface area contributed by atoms with E-state index in [9.17, 15) is 13.6 Å². The predicted molar refractivity (Wildman–Crippen MR) is 104 cm³/mol. The van der Waals surface area contributed by atoms with Crippen LogP contribution in [0.3, 0.4) is 0 Å². The quantitative estimate of drug-likeness (QED) is 0.622. The summed E-state index contributed by atoms with van der Waals surface area (Å²) in [5.41, 5.74) is 1.52. The van der Waals surface area contributed by atoms with Crippen molar-refractivity contribution in [2.24, 2.45) is 0 Å². The van der Waals surface area contributed by atoms with Gasteiger partial charge in [0.2, 0.25) is 11.7 Å². The number of urea groups is 1. The molecule has 1 aliphatic heterocycles. The van der Waals surface area contributed by atoms with Crippen molar-refractivity contribution in [3.8, 4) is 11.4 Å². The van der Waals surface area contributed by atoms with Gasteiger partial charge in [-0.15, -0.1) is 0 Å². The van der Waals surface area contributed by atoms with Gasteiger partial charge in [-0.3, -0.25) is 0 Å². The number of hydrogen-bond acceptors (Lipinski definition) is 4. The number of benzene rings is 2. The maximum absolute atomic E-state index is 14.0. The summed E-state index contributed by atoms with van der Waals surface area (Å²) >= 11 is 6.19. The molecule has 0 aliphatic carbocycles. The minimum absolute atomic E-state index is 0.00587. The molecule has 0 radical (unpaired) electrons. The van der Waals surface area contributed by atoms with Crippen LogP contribution in [0, 0.1) is 18.6 Å². The van der Waals surface area contributed by atoms with Crippen LogP contribution in [0.1, 0.15) is 30.3 Å². The first-order valence-electron chi connectivity index (χ1n) is 9.05. The number of halogens is 3. The van der Waals surface area contributed by atoms with Gasteiger partial charge in [0.15, 0.2) is 0 Å². The van der Waals surface area contributed by atoms with Crippen molar-refractivity contribution in [1.29, 1.82) is 0 Å². The van der Waals surface area contributed by atoms with Crippen LogP contribution in [0.2, 0.25) is 5.02 Å². The van der Waals surface area contributed by atoms with E-state index in [1.165, 1.54) is 6.07 Å². The first-order chi connectivity index (χ1) is 13.9. The number of nitrogens with one attached hydrogen (secondary N) is 1. The molecule has 150 valence electrons. The molecule has 29 heavy (non-hydrogen) atoms. The normalized spacial score (nSPS) is 16.3. The molecule has 2 heterocycles. The van der Waals surface area contributed by atoms with Crippen LogP contribution in [0.15, 0.2) is 40.9 Å². The molecule has 1 aromatic heterocycles. The predicted octanol–water partition coefficient (Wildman–Crippen LogP) is 5.35. The number of anilines is 1. The number of aryl methyl sites for hydroxylation is 1. The summed E-state index contributed by atoms with van der Waals surface area (Å²) in [5.74, 6) is -1.27. The van der Waals surface area contributed by atoms with Gasteiger partial charge in [0.1, 0.15) is 17.7 Å². The molecule has 1 aliphatic rings. The van der Waals surface area contributed by atoms with Crippen molar-refractivity contribution in [1.82, 2.24) is 15.0 Å². The number of aromatic nitrogens is 2. The second-order valence-corrected chi connectivity index (χ2v) is 7.25. The molecule has 1 unspecified atom stereocenters. The molecule has 2 aromatic carbocycles. The van der Waals surface area contributed by atoms with Gasteiger partial charge < -0.3 is 14.7 Å². The topological polar surface area (TPSA) is 71.3 Å². The average molecular weight is 419 g/mol. The standard InChI is InChI=1S/C20H17ClF2N4O2/c1-11-4-7-16(14(21)9-11)24-20(28)27-8-2-3-17(27)19-25-18(26-29-19)13-6-5-12(22)10-15(13)23/h4-7,9-10,17H,2-3,8H2,1H3,(H,24,28). The van der Waals surface area contributed by atoms with E-state index in [0.29, 0.717) is 23.7 Å². The Morgan fingerprint density at radius 3 is 2.86 bits per heavy atom. The minimum atomic E-state index is -0.785. The van der Waals surface area contributed by atoms with Gasteiger partial charge in [0.25, 0.3) is 0 Å². The van der Waals surface area contributed by atoms with Gasteiger partial charge in [-0.2, -0.15) is 4.98 Å². The Labute approximate surface area is 170 Å². The molecule has 1 N–H and O–H groups in total. The lowest BCUT2D eigenvalue weighted by Crippen LogP contribution is -2.34. The lowest BCUT2D eigenvalue weighted by atomic mass is 10.2. The molecule has 0 saturated carbocycles. The molecule has 6 nitrogen and oxygen atoms in total. The SMILES string of the molecule is Cc1ccc(NC(=O)N2CCCC2c2nc(-c3ccc(F)cc3F)no2)c(Cl)c1. The van der Waals surface area contributed by atoms with Crippen LogP contribution in [0.25, 0.3) is 11.4 Å². The van der Waals surface area contributed by atoms with E-state index in [0.717, 1.165) is 24.1 Å². The van der Waals surface area contributed by atoms with Crippen molar-refractivity contribution >= 4 is 23.3 Å². The van der Waals surface area contributed by atoms with Gasteiger partial charge in [0, 0.05) is 12.6 Å². The molecular weight excluding hydrogens is 402 g/mol. The lowest BCUT2D eigenvalue weighted by molar-refractivity contribution is 0.193. The summed E-state index contributed by atoms with van der Waals surface area (Å²) < 4.78 is 32.4. The highest BCUT2D eigenvalue weighted by Crippen LogP contribution is 2.33. The number of likely N-dealkylation sites (tertiary alicyclic amines) is 1. The fraction of sp³-hybridized carbons (Fsp3) is 0.250. The van der Waals surface area contributed by atoms with E-state index in [1.807, 2.05) is 13.0 Å². The van der Waals surface area contributed by atoms with Crippen LogP contribution in [0.4, 0.5) is 19.3 Å². The number of hydrogen-bond donors (Lipinski definition) is 1. The van der Waals surface area contributed by atoms with Crippen LogP contribution < -0.4 is 5.32 Å². The summed E-state index contributed by atoms with van der Waals surface area (Å²) in [6, 6.07) is 7.70. The highest BCUT2D eigenvalue weighted by molar-refractivity contribution is 6.33. The number of carbonyl (C=O) groups is 1. The Kier molecular flexibility index (Phi) is 5.19. The van der Waals surface area contributed by atoms with Gasteiger partial charge in [-0.05, 0) is 49.6 Å². The average Bonchev–Trinajstić information content (AvgIpc) is 3.33. The summed E-state index contributed by atoms with van der Waals surface area (Å²) in [7, 11) is 0. The minimum Gasteiger partial charge on any atom is -0.337 e. The van der Waals surface area contributed by atoms with Crippen LogP contribution >= 0.6 is 11.6 Å². The summed E-state index contributed by atoms with van der Waals surface area (Å²) in [5, 5.41) is 7.04. The number of nitrogens with zero attached hydrogens (tertiary/aromatic N) is 3. The van der Waals surface area contributed by atoms with Crippen LogP contribution in [-0.2, 0) is 0 Å². The van der Waals surface area contributed by atoms with Crippen molar-refractivity contribution in [2.75, 3.05) is 11.9 Å². The van der Waals surface area contributed by atoms with E-state index >= 15 is 0 Å². The summed E-state index contributed by atoms with van der Waals surface area (Å²) in [6.07, 6.45) is 1.38. The Morgan fingerprint density at radius 2 is 2.10 bits per heavy atom. The molecule has 1 saturated heterocycles. The largest absolute Gasteiger partial charge is 0.337 e. The van der Waals surface area contributed by atoms with Gasteiger partial charge >= 0.3 is 6.03 Å². The van der Waals surface area contributed by atoms with E-state index in [-0.39, 0.29) is 23.3 Å². The fourth-order valence-electron chi connectivity index (χ4n) is 3.33. The lowest BCUT2D eigenvalue weighted by Gasteiger charge is -2.22. The Bertz CT molecular complexity index is 1070. The highest BCUT2D eigenvalue weighted by atomic mass is 35.5. The van der Waals surface area contributed by atoms with Crippen molar-refractivity contribution in [3.05, 3.63) is 64.5 Å². The third-order valence-electron chi connectivity index (χ3n) is 4.78. The maximum atomic E-state index is 14.0. The highest BCUT2D eigenvalue weighted by Gasteiger charge is 2.34. The number of amides is 2. The van der Waals surface area contributed by atoms with E-state index in [2.05, 4.69) is 15.5 Å². The number of carbonyl (C=O) groups excluding carboxylic acids is 1. The smallest absolute Gasteiger partial charge is 0.322 e. The summed E-state index contributed by atoms with van der Waals surface area (Å²) in [6.45, 7) is 2.41. The van der Waals surface area contributed by atoms with Crippen LogP contribution in [-0.4, -0.2) is 27.6 Å². The first kappa shape index (κ1) is 19.3. The molecule has 0 bridgehead atoms. The molecular formula is C20H17ClF2N4O2. The zero-order valence-corrected chi connectivity index (χ0v) is 16.2. The second-order valence-electron chi connectivity index (χ2n) is 6.85. The van der Waals surface area contributed by atoms with Crippen molar-refractivity contribution in [2.45, 2.75) is 25.8 Å². The van der Waals surface area contributed by atoms with Crippen LogP contribution in [0.5, 0.6) is 0 Å². The zero-order valence-electron chi connectivity index (χ0n) is 15.5. The monoisotopic (exact) mass is 418 g/mol. The second kappa shape index (κ2) is 7.79. The molecule has 2 amide bonds. The molecule has 1 fully saturated rings. The summed E-state index contributed by atoms with van der Waals surface area (Å²) in [4.78, 5) is 18.6. The Hall–Kier alpha value is -3.00. The third-order valence-corrected chi connectivity index (χ3v) is 5.09. The molecule has 3 aromatic rings. The molecule has 4 rings (SSSR count). The molecule has 9 heteroatoms. The van der Waals surface area contributed by atoms with E-state index < -0.39 is 17.7 Å². The van der Waals surface area contributed by atoms with Gasteiger partial charge in [-0.25, -0.2) is 13.6 Å². The first-order valence-corrected chi connectivity index (χ1v) is 9.43.